The Morgan fingerprint density at radius 3 is 1.91 bits per heavy atom. The van der Waals surface area contributed by atoms with Crippen molar-refractivity contribution in [3.63, 3.8) is 0 Å². The second kappa shape index (κ2) is 15.7. The average molecular weight is 815 g/mol. The molecule has 0 aromatic heterocycles. The Morgan fingerprint density at radius 1 is 0.667 bits per heavy atom. The van der Waals surface area contributed by atoms with Crippen LogP contribution in [-0.2, 0) is 18.9 Å². The maximum atomic E-state index is 12.6. The summed E-state index contributed by atoms with van der Waals surface area (Å²) >= 11 is 0. The van der Waals surface area contributed by atoms with Crippen LogP contribution in [0.5, 0.6) is 0 Å². The highest BCUT2D eigenvalue weighted by atomic mass is 16.7. The number of ether oxygens (including phenoxy) is 4. The molecule has 14 nitrogen and oxygen atoms in total. The number of hydrogen-bond acceptors (Lipinski definition) is 14. The maximum absolute atomic E-state index is 12.6. The summed E-state index contributed by atoms with van der Waals surface area (Å²) in [7, 11) is 0. The molecule has 2 saturated heterocycles. The van der Waals surface area contributed by atoms with Gasteiger partial charge in [-0.1, -0.05) is 48.5 Å². The number of fused-ring (bicyclic) bond motifs is 2. The van der Waals surface area contributed by atoms with Gasteiger partial charge in [-0.2, -0.15) is 0 Å². The van der Waals surface area contributed by atoms with Crippen LogP contribution in [0.4, 0.5) is 0 Å². The van der Waals surface area contributed by atoms with Crippen LogP contribution >= 0.6 is 0 Å². The van der Waals surface area contributed by atoms with Crippen molar-refractivity contribution in [2.45, 2.75) is 199 Å². The van der Waals surface area contributed by atoms with Crippen LogP contribution in [0.25, 0.3) is 0 Å². The molecule has 10 N–H and O–H groups in total. The molecular formula is C43H74O14. The van der Waals surface area contributed by atoms with Gasteiger partial charge in [0.05, 0.1) is 37.6 Å². The van der Waals surface area contributed by atoms with E-state index >= 15 is 0 Å². The first-order valence-electron chi connectivity index (χ1n) is 21.9. The van der Waals surface area contributed by atoms with Gasteiger partial charge in [0.25, 0.3) is 0 Å². The highest BCUT2D eigenvalue weighted by Gasteiger charge is 2.85. The predicted octanol–water partition coefficient (Wildman–Crippen LogP) is 1.20. The Hall–Kier alpha value is -0.560. The van der Waals surface area contributed by atoms with Gasteiger partial charge >= 0.3 is 0 Å². The molecule has 0 bridgehead atoms. The van der Waals surface area contributed by atoms with Crippen molar-refractivity contribution < 1.29 is 70.0 Å². The smallest absolute Gasteiger partial charge is 0.187 e. The summed E-state index contributed by atoms with van der Waals surface area (Å²) in [6, 6.07) is 0. The van der Waals surface area contributed by atoms with E-state index in [1.165, 1.54) is 0 Å². The largest absolute Gasteiger partial charge is 0.394 e. The van der Waals surface area contributed by atoms with Crippen LogP contribution in [-0.4, -0.2) is 150 Å². The van der Waals surface area contributed by atoms with Crippen LogP contribution in [0.15, 0.2) is 0 Å². The lowest BCUT2D eigenvalue weighted by molar-refractivity contribution is -0.369. The first kappa shape index (κ1) is 44.5. The van der Waals surface area contributed by atoms with Crippen LogP contribution < -0.4 is 0 Å². The first-order chi connectivity index (χ1) is 26.7. The van der Waals surface area contributed by atoms with Crippen molar-refractivity contribution in [2.24, 2.45) is 56.7 Å². The minimum absolute atomic E-state index is 0.0207. The van der Waals surface area contributed by atoms with E-state index in [9.17, 15) is 51.1 Å². The van der Waals surface area contributed by atoms with Gasteiger partial charge in [-0.3, -0.25) is 0 Å². The van der Waals surface area contributed by atoms with Gasteiger partial charge in [0.1, 0.15) is 48.8 Å². The summed E-state index contributed by atoms with van der Waals surface area (Å²) in [4.78, 5) is 0. The zero-order valence-corrected chi connectivity index (χ0v) is 35.1. The number of aliphatic hydroxyl groups excluding tert-OH is 10. The third-order valence-electron chi connectivity index (χ3n) is 18.0. The van der Waals surface area contributed by atoms with Gasteiger partial charge < -0.3 is 70.0 Å². The zero-order valence-electron chi connectivity index (χ0n) is 35.1. The lowest BCUT2D eigenvalue weighted by atomic mass is 9.36. The lowest BCUT2D eigenvalue weighted by Gasteiger charge is -2.69. The SMILES string of the molecule is CC(C)C(O)CCC(C)C1C(O)CCC2(C)C3CCC4C(C)(C)C(OC5OC(CO)C(O)C(OC6OC(CO)C(O)C(O)C6O)C5O)CCC45CC35C(O)CC12C. The molecule has 0 amide bonds. The van der Waals surface area contributed by atoms with Gasteiger partial charge in [-0.05, 0) is 115 Å². The molecule has 7 rings (SSSR count). The van der Waals surface area contributed by atoms with Crippen LogP contribution in [0.2, 0.25) is 0 Å². The molecule has 2 spiro atoms. The van der Waals surface area contributed by atoms with Gasteiger partial charge in [0.2, 0.25) is 0 Å². The quantitative estimate of drug-likeness (QED) is 0.132. The standard InChI is InChI=1S/C43H74O14/c1-20(2)22(46)9-8-21(3)30-23(47)12-14-40(6)27-11-10-26-39(4,5)29(13-15-42(26)19-43(27,42)28(48)16-41(30,40)7)56-38-35(53)36(32(50)25(18-45)55-38)57-37-34(52)33(51)31(49)24(17-44)54-37/h20-38,44-53H,8-19H2,1-7H3. The van der Waals surface area contributed by atoms with Gasteiger partial charge in [-0.15, -0.1) is 0 Å². The first-order valence-corrected chi connectivity index (χ1v) is 21.9. The second-order valence-electron chi connectivity index (χ2n) is 21.1. The van der Waals surface area contributed by atoms with Crippen molar-refractivity contribution in [1.82, 2.24) is 0 Å². The third kappa shape index (κ3) is 6.64. The number of hydrogen-bond donors (Lipinski definition) is 10. The van der Waals surface area contributed by atoms with E-state index in [2.05, 4.69) is 34.6 Å². The topological polar surface area (TPSA) is 239 Å². The molecule has 2 aliphatic heterocycles. The van der Waals surface area contributed by atoms with Crippen molar-refractivity contribution in [2.75, 3.05) is 13.2 Å². The molecule has 0 radical (unpaired) electrons. The van der Waals surface area contributed by atoms with Crippen molar-refractivity contribution >= 4 is 0 Å². The highest BCUT2D eigenvalue weighted by Crippen LogP contribution is 2.88. The fourth-order valence-corrected chi connectivity index (χ4v) is 14.7. The Kier molecular flexibility index (Phi) is 12.2. The van der Waals surface area contributed by atoms with Crippen molar-refractivity contribution in [1.29, 1.82) is 0 Å². The van der Waals surface area contributed by atoms with E-state index in [1.807, 2.05) is 13.8 Å². The van der Waals surface area contributed by atoms with E-state index in [-0.39, 0.29) is 51.4 Å². The molecule has 330 valence electrons. The Balaban J connectivity index is 1.09. The van der Waals surface area contributed by atoms with Crippen LogP contribution in [0.1, 0.15) is 113 Å². The van der Waals surface area contributed by atoms with Crippen molar-refractivity contribution in [3.05, 3.63) is 0 Å². The average Bonchev–Trinajstić information content (AvgIpc) is 3.85. The molecule has 22 unspecified atom stereocenters. The van der Waals surface area contributed by atoms with E-state index in [4.69, 9.17) is 18.9 Å². The fraction of sp³-hybridized carbons (Fsp3) is 1.00. The summed E-state index contributed by atoms with van der Waals surface area (Å²) in [5.74, 6) is 0.888. The summed E-state index contributed by atoms with van der Waals surface area (Å²) in [6.07, 6.45) is -8.86. The summed E-state index contributed by atoms with van der Waals surface area (Å²) < 4.78 is 24.0. The van der Waals surface area contributed by atoms with E-state index < -0.39 is 98.4 Å². The van der Waals surface area contributed by atoms with Crippen LogP contribution in [0, 0.1) is 56.7 Å². The molecule has 5 saturated carbocycles. The Bertz CT molecular complexity index is 1420. The van der Waals surface area contributed by atoms with Crippen molar-refractivity contribution in [3.8, 4) is 0 Å². The normalized spacial score (nSPS) is 54.2. The third-order valence-corrected chi connectivity index (χ3v) is 18.0. The zero-order chi connectivity index (χ0) is 41.8. The predicted molar refractivity (Wildman–Crippen MR) is 205 cm³/mol. The molecule has 0 aromatic rings. The van der Waals surface area contributed by atoms with Gasteiger partial charge in [0.15, 0.2) is 12.6 Å². The van der Waals surface area contributed by atoms with E-state index in [0.717, 1.165) is 44.9 Å². The molecule has 5 aliphatic carbocycles. The second-order valence-corrected chi connectivity index (χ2v) is 21.1. The fourth-order valence-electron chi connectivity index (χ4n) is 14.7. The van der Waals surface area contributed by atoms with Gasteiger partial charge in [0, 0.05) is 5.41 Å². The maximum Gasteiger partial charge on any atom is 0.187 e. The summed E-state index contributed by atoms with van der Waals surface area (Å²) in [5.41, 5.74) is -1.11. The lowest BCUT2D eigenvalue weighted by Crippen LogP contribution is -2.67. The molecule has 2 heterocycles. The summed E-state index contributed by atoms with van der Waals surface area (Å²) in [6.45, 7) is 14.2. The Labute approximate surface area is 337 Å². The monoisotopic (exact) mass is 815 g/mol. The highest BCUT2D eigenvalue weighted by molar-refractivity contribution is 5.33. The molecule has 0 aromatic carbocycles. The summed E-state index contributed by atoms with van der Waals surface area (Å²) in [5, 5.41) is 109. The molecule has 14 heteroatoms. The molecule has 7 aliphatic rings. The molecular weight excluding hydrogens is 740 g/mol. The molecule has 7 fully saturated rings. The molecule has 22 atom stereocenters. The van der Waals surface area contributed by atoms with E-state index in [0.29, 0.717) is 25.2 Å². The Morgan fingerprint density at radius 2 is 1.28 bits per heavy atom. The molecule has 57 heavy (non-hydrogen) atoms. The van der Waals surface area contributed by atoms with E-state index in [1.54, 1.807) is 0 Å². The minimum atomic E-state index is -1.77. The number of aliphatic hydroxyl groups is 10. The van der Waals surface area contributed by atoms with Crippen LogP contribution in [0.3, 0.4) is 0 Å². The van der Waals surface area contributed by atoms with Gasteiger partial charge in [-0.25, -0.2) is 0 Å². The minimum Gasteiger partial charge on any atom is -0.394 e. The number of rotatable bonds is 11.